The van der Waals surface area contributed by atoms with Gasteiger partial charge < -0.3 is 14.3 Å². The summed E-state index contributed by atoms with van der Waals surface area (Å²) >= 11 is 0. The predicted octanol–water partition coefficient (Wildman–Crippen LogP) is 2.27. The number of furan rings is 1. The predicted molar refractivity (Wildman–Crippen MR) is 63.5 cm³/mol. The SMILES string of the molecule is COC(=O)c1ccc(O)cc1.O=Cc1ccco1. The van der Waals surface area contributed by atoms with Crippen molar-refractivity contribution in [3.63, 3.8) is 0 Å². The molecule has 2 rings (SSSR count). The third kappa shape index (κ3) is 4.13. The van der Waals surface area contributed by atoms with Crippen molar-refractivity contribution in [1.82, 2.24) is 0 Å². The van der Waals surface area contributed by atoms with Crippen LogP contribution in [0.4, 0.5) is 0 Å². The van der Waals surface area contributed by atoms with E-state index in [4.69, 9.17) is 5.11 Å². The van der Waals surface area contributed by atoms with Crippen molar-refractivity contribution >= 4 is 12.3 Å². The molecule has 1 aromatic carbocycles. The minimum Gasteiger partial charge on any atom is -0.508 e. The Kier molecular flexibility index (Phi) is 5.18. The van der Waals surface area contributed by atoms with Gasteiger partial charge in [-0.1, -0.05) is 0 Å². The molecule has 0 atom stereocenters. The molecule has 0 saturated carbocycles. The van der Waals surface area contributed by atoms with Gasteiger partial charge in [0.2, 0.25) is 0 Å². The number of aromatic hydroxyl groups is 1. The van der Waals surface area contributed by atoms with Crippen LogP contribution in [0, 0.1) is 0 Å². The topological polar surface area (TPSA) is 76.7 Å². The lowest BCUT2D eigenvalue weighted by Gasteiger charge is -1.97. The van der Waals surface area contributed by atoms with E-state index >= 15 is 0 Å². The average molecular weight is 248 g/mol. The number of aldehydes is 1. The molecule has 1 N–H and O–H groups in total. The molecule has 0 aliphatic rings. The molecule has 0 unspecified atom stereocenters. The third-order valence-corrected chi connectivity index (χ3v) is 1.95. The van der Waals surface area contributed by atoms with Gasteiger partial charge in [0.25, 0.3) is 0 Å². The van der Waals surface area contributed by atoms with E-state index in [1.54, 1.807) is 12.1 Å². The minimum absolute atomic E-state index is 0.137. The van der Waals surface area contributed by atoms with Crippen molar-refractivity contribution in [2.45, 2.75) is 0 Å². The van der Waals surface area contributed by atoms with E-state index in [-0.39, 0.29) is 5.75 Å². The summed E-state index contributed by atoms with van der Waals surface area (Å²) in [4.78, 5) is 20.6. The summed E-state index contributed by atoms with van der Waals surface area (Å²) in [6.45, 7) is 0. The monoisotopic (exact) mass is 248 g/mol. The van der Waals surface area contributed by atoms with Gasteiger partial charge in [-0.15, -0.1) is 0 Å². The number of hydrogen-bond donors (Lipinski definition) is 1. The highest BCUT2D eigenvalue weighted by Crippen LogP contribution is 2.09. The largest absolute Gasteiger partial charge is 0.508 e. The van der Waals surface area contributed by atoms with Crippen LogP contribution < -0.4 is 0 Å². The van der Waals surface area contributed by atoms with Crippen LogP contribution in [0.15, 0.2) is 47.1 Å². The minimum atomic E-state index is -0.398. The third-order valence-electron chi connectivity index (χ3n) is 1.95. The van der Waals surface area contributed by atoms with Gasteiger partial charge in [-0.3, -0.25) is 4.79 Å². The second kappa shape index (κ2) is 6.90. The summed E-state index contributed by atoms with van der Waals surface area (Å²) in [5.74, 6) is 0.114. The lowest BCUT2D eigenvalue weighted by molar-refractivity contribution is 0.0600. The van der Waals surface area contributed by atoms with Crippen molar-refractivity contribution in [3.8, 4) is 5.75 Å². The molecule has 1 aromatic heterocycles. The fourth-order valence-electron chi connectivity index (χ4n) is 1.07. The van der Waals surface area contributed by atoms with Crippen molar-refractivity contribution in [1.29, 1.82) is 0 Å². The molecule has 94 valence electrons. The summed E-state index contributed by atoms with van der Waals surface area (Å²) in [5.41, 5.74) is 0.435. The van der Waals surface area contributed by atoms with Crippen LogP contribution in [-0.4, -0.2) is 24.5 Å². The maximum Gasteiger partial charge on any atom is 0.337 e. The molecule has 0 aliphatic carbocycles. The van der Waals surface area contributed by atoms with Crippen LogP contribution >= 0.6 is 0 Å². The number of rotatable bonds is 2. The average Bonchev–Trinajstić information content (AvgIpc) is 2.92. The van der Waals surface area contributed by atoms with Crippen molar-refractivity contribution < 1.29 is 23.8 Å². The quantitative estimate of drug-likeness (QED) is 0.651. The van der Waals surface area contributed by atoms with E-state index in [1.807, 2.05) is 0 Å². The Morgan fingerprint density at radius 3 is 2.33 bits per heavy atom. The number of carbonyl (C=O) groups is 2. The summed E-state index contributed by atoms with van der Waals surface area (Å²) < 4.78 is 9.07. The molecule has 2 aromatic rings. The summed E-state index contributed by atoms with van der Waals surface area (Å²) in [5, 5.41) is 8.86. The van der Waals surface area contributed by atoms with Crippen LogP contribution in [0.2, 0.25) is 0 Å². The standard InChI is InChI=1S/C8H8O3.C5H4O2/c1-11-8(10)6-2-4-7(9)5-3-6;6-4-5-2-1-3-7-5/h2-5,9H,1H3;1-4H. The number of carbonyl (C=O) groups excluding carboxylic acids is 2. The van der Waals surface area contributed by atoms with Crippen LogP contribution in [-0.2, 0) is 4.74 Å². The highest BCUT2D eigenvalue weighted by Gasteiger charge is 2.02. The van der Waals surface area contributed by atoms with Crippen molar-refractivity contribution in [2.75, 3.05) is 7.11 Å². The normalized spacial score (nSPS) is 8.94. The number of phenolic OH excluding ortho intramolecular Hbond substituents is 1. The Labute approximate surface area is 104 Å². The van der Waals surface area contributed by atoms with Crippen LogP contribution in [0.25, 0.3) is 0 Å². The number of hydrogen-bond acceptors (Lipinski definition) is 5. The Morgan fingerprint density at radius 2 is 1.94 bits per heavy atom. The van der Waals surface area contributed by atoms with E-state index in [0.29, 0.717) is 17.6 Å². The van der Waals surface area contributed by atoms with E-state index in [1.165, 1.54) is 37.6 Å². The zero-order valence-corrected chi connectivity index (χ0v) is 9.70. The second-order valence-corrected chi connectivity index (χ2v) is 3.17. The summed E-state index contributed by atoms with van der Waals surface area (Å²) in [6.07, 6.45) is 2.13. The molecule has 5 heteroatoms. The second-order valence-electron chi connectivity index (χ2n) is 3.17. The molecule has 0 spiro atoms. The smallest absolute Gasteiger partial charge is 0.337 e. The Bertz CT molecular complexity index is 485. The van der Waals surface area contributed by atoms with Crippen LogP contribution in [0.1, 0.15) is 20.9 Å². The molecular formula is C13H12O5. The van der Waals surface area contributed by atoms with Gasteiger partial charge >= 0.3 is 5.97 Å². The number of ether oxygens (including phenoxy) is 1. The molecule has 0 radical (unpaired) electrons. The number of esters is 1. The maximum absolute atomic E-state index is 10.8. The molecule has 18 heavy (non-hydrogen) atoms. The summed E-state index contributed by atoms with van der Waals surface area (Å²) in [7, 11) is 1.31. The molecule has 0 saturated heterocycles. The van der Waals surface area contributed by atoms with E-state index in [0.717, 1.165) is 0 Å². The number of methoxy groups -OCH3 is 1. The fraction of sp³-hybridized carbons (Fsp3) is 0.0769. The molecule has 0 bridgehead atoms. The van der Waals surface area contributed by atoms with Crippen molar-refractivity contribution in [3.05, 3.63) is 54.0 Å². The van der Waals surface area contributed by atoms with E-state index < -0.39 is 5.97 Å². The highest BCUT2D eigenvalue weighted by molar-refractivity contribution is 5.89. The molecule has 0 aliphatic heterocycles. The lowest BCUT2D eigenvalue weighted by Crippen LogP contribution is -1.99. The van der Waals surface area contributed by atoms with Gasteiger partial charge in [0.05, 0.1) is 18.9 Å². The highest BCUT2D eigenvalue weighted by atomic mass is 16.5. The van der Waals surface area contributed by atoms with Gasteiger partial charge in [-0.25, -0.2) is 4.79 Å². The van der Waals surface area contributed by atoms with Crippen LogP contribution in [0.5, 0.6) is 5.75 Å². The van der Waals surface area contributed by atoms with Crippen molar-refractivity contribution in [2.24, 2.45) is 0 Å². The van der Waals surface area contributed by atoms with Gasteiger partial charge in [0, 0.05) is 0 Å². The first-order valence-electron chi connectivity index (χ1n) is 5.03. The van der Waals surface area contributed by atoms with E-state index in [9.17, 15) is 9.59 Å². The lowest BCUT2D eigenvalue weighted by atomic mass is 10.2. The van der Waals surface area contributed by atoms with Gasteiger partial charge in [-0.2, -0.15) is 0 Å². The zero-order valence-electron chi connectivity index (χ0n) is 9.70. The molecule has 1 heterocycles. The Balaban J connectivity index is 0.000000199. The first-order chi connectivity index (χ1) is 8.67. The Morgan fingerprint density at radius 1 is 1.28 bits per heavy atom. The van der Waals surface area contributed by atoms with Gasteiger partial charge in [0.1, 0.15) is 5.75 Å². The van der Waals surface area contributed by atoms with E-state index in [2.05, 4.69) is 9.15 Å². The Hall–Kier alpha value is -2.56. The first kappa shape index (κ1) is 13.5. The molecule has 0 fully saturated rings. The summed E-state index contributed by atoms with van der Waals surface area (Å²) in [6, 6.07) is 9.15. The van der Waals surface area contributed by atoms with Crippen LogP contribution in [0.3, 0.4) is 0 Å². The first-order valence-corrected chi connectivity index (χ1v) is 5.03. The zero-order chi connectivity index (χ0) is 13.4. The maximum atomic E-state index is 10.8. The molecule has 0 amide bonds. The van der Waals surface area contributed by atoms with Gasteiger partial charge in [0.15, 0.2) is 12.0 Å². The van der Waals surface area contributed by atoms with Gasteiger partial charge in [-0.05, 0) is 36.4 Å². The number of benzene rings is 1. The molecule has 5 nitrogen and oxygen atoms in total. The molecular weight excluding hydrogens is 236 g/mol. The number of phenols is 1. The fourth-order valence-corrected chi connectivity index (χ4v) is 1.07.